The summed E-state index contributed by atoms with van der Waals surface area (Å²) in [5, 5.41) is 0. The van der Waals surface area contributed by atoms with Crippen LogP contribution in [0.25, 0.3) is 0 Å². The Morgan fingerprint density at radius 3 is 2.00 bits per heavy atom. The van der Waals surface area contributed by atoms with Crippen LogP contribution in [0.3, 0.4) is 0 Å². The molecule has 2 aliphatic rings. The van der Waals surface area contributed by atoms with Gasteiger partial charge in [0.1, 0.15) is 0 Å². The average molecular weight is 512 g/mol. The van der Waals surface area contributed by atoms with Gasteiger partial charge in [-0.05, 0) is 55.9 Å². The summed E-state index contributed by atoms with van der Waals surface area (Å²) < 4.78 is 80.2. The minimum absolute atomic E-state index is 0.00486. The Morgan fingerprint density at radius 1 is 0.861 bits per heavy atom. The van der Waals surface area contributed by atoms with Crippen LogP contribution < -0.4 is 0 Å². The van der Waals surface area contributed by atoms with Crippen molar-refractivity contribution in [2.24, 2.45) is 5.92 Å². The van der Waals surface area contributed by atoms with Crippen LogP contribution in [-0.4, -0.2) is 47.3 Å². The van der Waals surface area contributed by atoms with Gasteiger partial charge in [0.05, 0.1) is 17.0 Å². The van der Waals surface area contributed by atoms with E-state index in [-0.39, 0.29) is 18.5 Å². The first kappa shape index (κ1) is 26.0. The van der Waals surface area contributed by atoms with Crippen LogP contribution in [0.1, 0.15) is 52.7 Å². The van der Waals surface area contributed by atoms with Gasteiger partial charge in [-0.3, -0.25) is 9.59 Å². The second kappa shape index (κ2) is 10.1. The van der Waals surface area contributed by atoms with E-state index >= 15 is 0 Å². The van der Waals surface area contributed by atoms with E-state index in [9.17, 15) is 35.9 Å². The summed E-state index contributed by atoms with van der Waals surface area (Å²) in [5.41, 5.74) is -2.92. The summed E-state index contributed by atoms with van der Waals surface area (Å²) in [6.45, 7) is 1.29. The van der Waals surface area contributed by atoms with Crippen molar-refractivity contribution in [1.29, 1.82) is 0 Å². The lowest BCUT2D eigenvalue weighted by Crippen LogP contribution is -2.41. The molecule has 0 unspecified atom stereocenters. The highest BCUT2D eigenvalue weighted by Gasteiger charge is 2.50. The maximum atomic E-state index is 13.4. The van der Waals surface area contributed by atoms with Crippen molar-refractivity contribution < 1.29 is 35.9 Å². The maximum Gasteiger partial charge on any atom is 0.416 e. The summed E-state index contributed by atoms with van der Waals surface area (Å²) in [5.74, 6) is -1.56. The lowest BCUT2D eigenvalue weighted by atomic mass is 10.0. The lowest BCUT2D eigenvalue weighted by Gasteiger charge is -2.28. The molecule has 0 N–H and O–H groups in total. The first-order valence-corrected chi connectivity index (χ1v) is 11.9. The highest BCUT2D eigenvalue weighted by atomic mass is 19.4. The monoisotopic (exact) mass is 512 g/mol. The number of nitrogens with zero attached hydrogens (tertiary/aromatic N) is 2. The average Bonchev–Trinajstić information content (AvgIpc) is 3.64. The van der Waals surface area contributed by atoms with Crippen molar-refractivity contribution >= 4 is 11.8 Å². The van der Waals surface area contributed by atoms with Gasteiger partial charge < -0.3 is 9.80 Å². The largest absolute Gasteiger partial charge is 0.416 e. The standard InChI is InChI=1S/C26H26F6N2O2/c27-25(28,29)19-13-18(14-20(15-19)26(30,31)32)23(35)34(12-9-17-7-3-1-4-8-17)22-16-21(22)24(36)33-10-5-2-6-11-33/h1,3-4,7-8,13-15,21-22H,2,5-6,9-12,16H2/t21-,22-/m1/s1. The molecular weight excluding hydrogens is 486 g/mol. The van der Waals surface area contributed by atoms with Crippen molar-refractivity contribution in [2.45, 2.75) is 50.5 Å². The van der Waals surface area contributed by atoms with E-state index in [0.29, 0.717) is 38.1 Å². The topological polar surface area (TPSA) is 40.6 Å². The fourth-order valence-corrected chi connectivity index (χ4v) is 4.70. The zero-order chi connectivity index (χ0) is 26.1. The van der Waals surface area contributed by atoms with Crippen molar-refractivity contribution in [2.75, 3.05) is 19.6 Å². The van der Waals surface area contributed by atoms with E-state index in [1.54, 1.807) is 17.0 Å². The summed E-state index contributed by atoms with van der Waals surface area (Å²) in [7, 11) is 0. The summed E-state index contributed by atoms with van der Waals surface area (Å²) in [4.78, 5) is 29.4. The number of amides is 2. The fourth-order valence-electron chi connectivity index (χ4n) is 4.70. The molecule has 2 fully saturated rings. The second-order valence-electron chi connectivity index (χ2n) is 9.32. The normalized spacial score (nSPS) is 20.2. The predicted molar refractivity (Wildman–Crippen MR) is 120 cm³/mol. The van der Waals surface area contributed by atoms with Crippen LogP contribution in [0.4, 0.5) is 26.3 Å². The summed E-state index contributed by atoms with van der Waals surface area (Å²) >= 11 is 0. The molecule has 2 amide bonds. The van der Waals surface area contributed by atoms with Crippen LogP contribution in [0.5, 0.6) is 0 Å². The smallest absolute Gasteiger partial charge is 0.342 e. The summed E-state index contributed by atoms with van der Waals surface area (Å²) in [6, 6.07) is 9.38. The van der Waals surface area contributed by atoms with Crippen LogP contribution >= 0.6 is 0 Å². The van der Waals surface area contributed by atoms with Gasteiger partial charge >= 0.3 is 12.4 Å². The first-order valence-electron chi connectivity index (χ1n) is 11.9. The molecule has 0 radical (unpaired) electrons. The van der Waals surface area contributed by atoms with Crippen LogP contribution in [0.15, 0.2) is 48.5 Å². The molecule has 0 bridgehead atoms. The van der Waals surface area contributed by atoms with Gasteiger partial charge in [0.25, 0.3) is 5.91 Å². The molecule has 1 heterocycles. The molecule has 1 aliphatic heterocycles. The Bertz CT molecular complexity index is 1060. The maximum absolute atomic E-state index is 13.4. The molecule has 1 aliphatic carbocycles. The number of carbonyl (C=O) groups excluding carboxylic acids is 2. The minimum Gasteiger partial charge on any atom is -0.342 e. The van der Waals surface area contributed by atoms with Gasteiger partial charge in [0.15, 0.2) is 0 Å². The van der Waals surface area contributed by atoms with Crippen LogP contribution in [0, 0.1) is 5.92 Å². The highest BCUT2D eigenvalue weighted by Crippen LogP contribution is 2.40. The third kappa shape index (κ3) is 6.02. The molecule has 36 heavy (non-hydrogen) atoms. The number of alkyl halides is 6. The zero-order valence-electron chi connectivity index (χ0n) is 19.4. The quantitative estimate of drug-likeness (QED) is 0.459. The molecule has 194 valence electrons. The molecular formula is C26H26F6N2O2. The first-order chi connectivity index (χ1) is 16.9. The number of piperidine rings is 1. The minimum atomic E-state index is -5.06. The number of hydrogen-bond acceptors (Lipinski definition) is 2. The third-order valence-corrected chi connectivity index (χ3v) is 6.72. The van der Waals surface area contributed by atoms with Gasteiger partial charge in [-0.2, -0.15) is 26.3 Å². The van der Waals surface area contributed by atoms with E-state index in [0.717, 1.165) is 24.8 Å². The van der Waals surface area contributed by atoms with Gasteiger partial charge in [0, 0.05) is 31.2 Å². The van der Waals surface area contributed by atoms with E-state index in [1.165, 1.54) is 4.90 Å². The fraction of sp³-hybridized carbons (Fsp3) is 0.462. The number of hydrogen-bond donors (Lipinski definition) is 0. The number of carbonyl (C=O) groups is 2. The Hall–Kier alpha value is -3.04. The van der Waals surface area contributed by atoms with E-state index in [4.69, 9.17) is 0 Å². The van der Waals surface area contributed by atoms with E-state index in [1.807, 2.05) is 18.2 Å². The van der Waals surface area contributed by atoms with E-state index < -0.39 is 46.9 Å². The number of benzene rings is 2. The van der Waals surface area contributed by atoms with Crippen molar-refractivity contribution in [3.05, 3.63) is 70.8 Å². The molecule has 4 nitrogen and oxygen atoms in total. The van der Waals surface area contributed by atoms with Crippen LogP contribution in [0.2, 0.25) is 0 Å². The second-order valence-corrected chi connectivity index (χ2v) is 9.32. The third-order valence-electron chi connectivity index (χ3n) is 6.72. The summed E-state index contributed by atoms with van der Waals surface area (Å²) in [6.07, 6.45) is -6.65. The highest BCUT2D eigenvalue weighted by molar-refractivity contribution is 5.96. The predicted octanol–water partition coefficient (Wildman–Crippen LogP) is 5.81. The Kier molecular flexibility index (Phi) is 7.33. The zero-order valence-corrected chi connectivity index (χ0v) is 19.4. The molecule has 10 heteroatoms. The molecule has 4 rings (SSSR count). The van der Waals surface area contributed by atoms with Gasteiger partial charge in [-0.1, -0.05) is 30.3 Å². The SMILES string of the molecule is O=C([C@@H]1C[C@H]1N(CCc1ccccc1)C(=O)c1cc(C(F)(F)F)cc(C(F)(F)F)c1)N1CCCCC1. The Balaban J connectivity index is 1.62. The van der Waals surface area contributed by atoms with E-state index in [2.05, 4.69) is 0 Å². The van der Waals surface area contributed by atoms with Gasteiger partial charge in [0.2, 0.25) is 5.91 Å². The molecule has 1 saturated heterocycles. The number of rotatable bonds is 6. The molecule has 2 aromatic carbocycles. The number of halogens is 6. The molecule has 1 saturated carbocycles. The van der Waals surface area contributed by atoms with Crippen molar-refractivity contribution in [3.8, 4) is 0 Å². The Labute approximate surface area is 204 Å². The van der Waals surface area contributed by atoms with Crippen molar-refractivity contribution in [3.63, 3.8) is 0 Å². The number of likely N-dealkylation sites (tertiary alicyclic amines) is 1. The Morgan fingerprint density at radius 2 is 1.44 bits per heavy atom. The lowest BCUT2D eigenvalue weighted by molar-refractivity contribution is -0.143. The molecule has 0 spiro atoms. The molecule has 2 atom stereocenters. The molecule has 0 aromatic heterocycles. The van der Waals surface area contributed by atoms with Crippen molar-refractivity contribution in [1.82, 2.24) is 9.80 Å². The van der Waals surface area contributed by atoms with Gasteiger partial charge in [-0.25, -0.2) is 0 Å². The van der Waals surface area contributed by atoms with Gasteiger partial charge in [-0.15, -0.1) is 0 Å². The van der Waals surface area contributed by atoms with Crippen LogP contribution in [-0.2, 0) is 23.6 Å². The molecule has 2 aromatic rings.